The maximum atomic E-state index is 5.80. The number of nitrogens with one attached hydrogen (secondary N) is 1. The molecule has 0 saturated carbocycles. The Morgan fingerprint density at radius 3 is 2.95 bits per heavy atom. The molecule has 110 valence electrons. The van der Waals surface area contributed by atoms with E-state index in [4.69, 9.17) is 4.74 Å². The topological polar surface area (TPSA) is 39.1 Å². The summed E-state index contributed by atoms with van der Waals surface area (Å²) in [4.78, 5) is 2.71. The fourth-order valence-corrected chi connectivity index (χ4v) is 2.98. The third-order valence-corrected chi connectivity index (χ3v) is 4.22. The van der Waals surface area contributed by atoms with Gasteiger partial charge in [-0.05, 0) is 32.9 Å². The fourth-order valence-electron chi connectivity index (χ4n) is 1.96. The second kappa shape index (κ2) is 7.45. The molecule has 2 aromatic heterocycles. The van der Waals surface area contributed by atoms with Crippen molar-refractivity contribution in [2.24, 2.45) is 0 Å². The van der Waals surface area contributed by atoms with Crippen molar-refractivity contribution in [1.29, 1.82) is 0 Å². The highest BCUT2D eigenvalue weighted by Crippen LogP contribution is 2.23. The first-order valence-electron chi connectivity index (χ1n) is 7.17. The maximum absolute atomic E-state index is 5.80. The lowest BCUT2D eigenvalue weighted by Crippen LogP contribution is -2.12. The Kier molecular flexibility index (Phi) is 5.61. The molecule has 4 nitrogen and oxygen atoms in total. The minimum absolute atomic E-state index is 0.617. The largest absolute Gasteiger partial charge is 0.486 e. The summed E-state index contributed by atoms with van der Waals surface area (Å²) in [5.74, 6) is 0.836. The second-order valence-corrected chi connectivity index (χ2v) is 6.13. The Morgan fingerprint density at radius 2 is 2.25 bits per heavy atom. The number of nitrogens with zero attached hydrogens (tertiary/aromatic N) is 2. The van der Waals surface area contributed by atoms with Crippen molar-refractivity contribution in [2.45, 2.75) is 46.9 Å². The van der Waals surface area contributed by atoms with E-state index in [1.54, 1.807) is 6.20 Å². The minimum Gasteiger partial charge on any atom is -0.486 e. The fraction of sp³-hybridized carbons (Fsp3) is 0.533. The van der Waals surface area contributed by atoms with Crippen LogP contribution in [0, 0.1) is 6.92 Å². The molecule has 0 bridgehead atoms. The first-order valence-corrected chi connectivity index (χ1v) is 7.98. The van der Waals surface area contributed by atoms with Crippen LogP contribution < -0.4 is 10.1 Å². The van der Waals surface area contributed by atoms with E-state index in [9.17, 15) is 0 Å². The summed E-state index contributed by atoms with van der Waals surface area (Å²) in [6, 6.07) is 2.24. The lowest BCUT2D eigenvalue weighted by atomic mass is 10.2. The van der Waals surface area contributed by atoms with Gasteiger partial charge in [-0.1, -0.05) is 6.92 Å². The van der Waals surface area contributed by atoms with E-state index in [0.29, 0.717) is 6.61 Å². The van der Waals surface area contributed by atoms with Crippen LogP contribution in [-0.2, 0) is 19.7 Å². The number of hydrogen-bond donors (Lipinski definition) is 1. The summed E-state index contributed by atoms with van der Waals surface area (Å²) in [6.07, 6.45) is 4.88. The number of ether oxygens (including phenoxy) is 1. The first kappa shape index (κ1) is 15.1. The Morgan fingerprint density at radius 1 is 1.40 bits per heavy atom. The summed E-state index contributed by atoms with van der Waals surface area (Å²) >= 11 is 1.85. The van der Waals surface area contributed by atoms with Gasteiger partial charge in [0.2, 0.25) is 0 Å². The predicted molar refractivity (Wildman–Crippen MR) is 83.3 cm³/mol. The molecule has 0 spiro atoms. The standard InChI is InChI=1S/C15H23N3OS/c1-4-6-16-9-15-7-13(12(3)20-15)11-19-14-8-17-18(5-2)10-14/h7-8,10,16H,4-6,9,11H2,1-3H3. The number of thiophene rings is 1. The van der Waals surface area contributed by atoms with Gasteiger partial charge in [0.15, 0.2) is 5.75 Å². The van der Waals surface area contributed by atoms with Crippen molar-refractivity contribution in [3.8, 4) is 5.75 Å². The quantitative estimate of drug-likeness (QED) is 0.759. The molecule has 0 radical (unpaired) electrons. The maximum Gasteiger partial charge on any atom is 0.157 e. The lowest BCUT2D eigenvalue weighted by molar-refractivity contribution is 0.305. The second-order valence-electron chi connectivity index (χ2n) is 4.79. The molecule has 0 aromatic carbocycles. The molecule has 0 aliphatic carbocycles. The van der Waals surface area contributed by atoms with E-state index in [1.807, 2.05) is 22.2 Å². The third-order valence-electron chi connectivity index (χ3n) is 3.13. The lowest BCUT2D eigenvalue weighted by Gasteiger charge is -2.02. The first-order chi connectivity index (χ1) is 9.72. The van der Waals surface area contributed by atoms with Gasteiger partial charge >= 0.3 is 0 Å². The number of aromatic nitrogens is 2. The van der Waals surface area contributed by atoms with Crippen LogP contribution in [0.5, 0.6) is 5.75 Å². The Bertz CT molecular complexity index is 533. The van der Waals surface area contributed by atoms with Crippen LogP contribution in [-0.4, -0.2) is 16.3 Å². The Labute approximate surface area is 124 Å². The van der Waals surface area contributed by atoms with Gasteiger partial charge in [-0.15, -0.1) is 11.3 Å². The molecule has 0 atom stereocenters. The monoisotopic (exact) mass is 293 g/mol. The molecular weight excluding hydrogens is 270 g/mol. The average Bonchev–Trinajstić information content (AvgIpc) is 3.03. The van der Waals surface area contributed by atoms with Gasteiger partial charge in [-0.3, -0.25) is 4.68 Å². The third kappa shape index (κ3) is 4.08. The highest BCUT2D eigenvalue weighted by Gasteiger charge is 2.07. The zero-order chi connectivity index (χ0) is 14.4. The predicted octanol–water partition coefficient (Wildman–Crippen LogP) is 3.35. The zero-order valence-corrected chi connectivity index (χ0v) is 13.3. The van der Waals surface area contributed by atoms with Crippen molar-refractivity contribution in [2.75, 3.05) is 6.54 Å². The molecule has 0 amide bonds. The molecule has 2 rings (SSSR count). The molecule has 2 aromatic rings. The molecule has 0 aliphatic rings. The molecule has 5 heteroatoms. The van der Waals surface area contributed by atoms with Crippen LogP contribution >= 0.6 is 11.3 Å². The molecule has 20 heavy (non-hydrogen) atoms. The number of rotatable bonds is 8. The van der Waals surface area contributed by atoms with Gasteiger partial charge in [0.25, 0.3) is 0 Å². The van der Waals surface area contributed by atoms with E-state index < -0.39 is 0 Å². The summed E-state index contributed by atoms with van der Waals surface area (Å²) in [5, 5.41) is 7.64. The molecule has 2 heterocycles. The van der Waals surface area contributed by atoms with Crippen molar-refractivity contribution in [3.05, 3.63) is 33.8 Å². The van der Waals surface area contributed by atoms with E-state index in [-0.39, 0.29) is 0 Å². The summed E-state index contributed by atoms with van der Waals surface area (Å²) < 4.78 is 7.67. The minimum atomic E-state index is 0.617. The normalized spacial score (nSPS) is 10.9. The smallest absolute Gasteiger partial charge is 0.157 e. The average molecular weight is 293 g/mol. The van der Waals surface area contributed by atoms with E-state index in [2.05, 4.69) is 37.3 Å². The number of hydrogen-bond acceptors (Lipinski definition) is 4. The summed E-state index contributed by atoms with van der Waals surface area (Å²) in [5.41, 5.74) is 1.27. The van der Waals surface area contributed by atoms with E-state index >= 15 is 0 Å². The molecular formula is C15H23N3OS. The summed E-state index contributed by atoms with van der Waals surface area (Å²) in [6.45, 7) is 9.91. The van der Waals surface area contributed by atoms with Gasteiger partial charge in [-0.2, -0.15) is 5.10 Å². The highest BCUT2D eigenvalue weighted by atomic mass is 32.1. The highest BCUT2D eigenvalue weighted by molar-refractivity contribution is 7.12. The molecule has 0 saturated heterocycles. The SMILES string of the molecule is CCCNCc1cc(COc2cnn(CC)c2)c(C)s1. The van der Waals surface area contributed by atoms with Gasteiger partial charge in [0.05, 0.1) is 12.4 Å². The van der Waals surface area contributed by atoms with Gasteiger partial charge < -0.3 is 10.1 Å². The van der Waals surface area contributed by atoms with Gasteiger partial charge in [0.1, 0.15) is 6.61 Å². The van der Waals surface area contributed by atoms with Crippen LogP contribution in [0.4, 0.5) is 0 Å². The number of aryl methyl sites for hydroxylation is 2. The molecule has 0 fully saturated rings. The van der Waals surface area contributed by atoms with Gasteiger partial charge in [0, 0.05) is 28.4 Å². The zero-order valence-electron chi connectivity index (χ0n) is 12.5. The molecule has 1 N–H and O–H groups in total. The van der Waals surface area contributed by atoms with Crippen LogP contribution in [0.1, 0.15) is 35.6 Å². The van der Waals surface area contributed by atoms with E-state index in [0.717, 1.165) is 25.4 Å². The van der Waals surface area contributed by atoms with Crippen molar-refractivity contribution < 1.29 is 4.74 Å². The van der Waals surface area contributed by atoms with Gasteiger partial charge in [-0.25, -0.2) is 0 Å². The van der Waals surface area contributed by atoms with Crippen LogP contribution in [0.3, 0.4) is 0 Å². The summed E-state index contributed by atoms with van der Waals surface area (Å²) in [7, 11) is 0. The van der Waals surface area contributed by atoms with Crippen LogP contribution in [0.2, 0.25) is 0 Å². The van der Waals surface area contributed by atoms with Crippen LogP contribution in [0.15, 0.2) is 18.5 Å². The Hall–Kier alpha value is -1.33. The Balaban J connectivity index is 1.88. The van der Waals surface area contributed by atoms with Crippen molar-refractivity contribution in [1.82, 2.24) is 15.1 Å². The molecule has 0 unspecified atom stereocenters. The van der Waals surface area contributed by atoms with Crippen LogP contribution in [0.25, 0.3) is 0 Å². The van der Waals surface area contributed by atoms with Crippen molar-refractivity contribution >= 4 is 11.3 Å². The van der Waals surface area contributed by atoms with E-state index in [1.165, 1.54) is 21.7 Å². The molecule has 0 aliphatic heterocycles. The van der Waals surface area contributed by atoms with Crippen molar-refractivity contribution in [3.63, 3.8) is 0 Å².